The summed E-state index contributed by atoms with van der Waals surface area (Å²) in [6.07, 6.45) is 0. The maximum absolute atomic E-state index is 5.48. The monoisotopic (exact) mass is 147 g/mol. The van der Waals surface area contributed by atoms with Crippen LogP contribution in [0.4, 0.5) is 0 Å². The molecule has 0 rings (SSSR count). The first kappa shape index (κ1) is 8.30. The van der Waals surface area contributed by atoms with Crippen LogP contribution in [0.5, 0.6) is 0 Å². The van der Waals surface area contributed by atoms with Crippen LogP contribution < -0.4 is 10.6 Å². The summed E-state index contributed by atoms with van der Waals surface area (Å²) in [6, 6.07) is 0. The van der Waals surface area contributed by atoms with Crippen molar-refractivity contribution in [1.82, 2.24) is 10.6 Å². The number of hydrogen-bond donors (Lipinski definition) is 2. The average molecular weight is 148 g/mol. The molecule has 0 aliphatic heterocycles. The van der Waals surface area contributed by atoms with Crippen LogP contribution in [0.2, 0.25) is 0 Å². The van der Waals surface area contributed by atoms with E-state index in [0.29, 0.717) is 11.1 Å². The molecule has 0 aromatic heterocycles. The molecule has 4 heteroatoms. The first-order valence-corrected chi connectivity index (χ1v) is 2.84. The lowest BCUT2D eigenvalue weighted by atomic mass is 10.8. The Labute approximate surface area is 59.8 Å². The number of nitrogens with zero attached hydrogens (tertiary/aromatic N) is 1. The molecule has 0 amide bonds. The Kier molecular flexibility index (Phi) is 3.88. The number of nitrogens with one attached hydrogen (secondary N) is 2. The molecule has 9 heavy (non-hydrogen) atoms. The Morgan fingerprint density at radius 2 is 2.22 bits per heavy atom. The van der Waals surface area contributed by atoms with Gasteiger partial charge in [0.05, 0.1) is 5.82 Å². The van der Waals surface area contributed by atoms with Crippen molar-refractivity contribution in [3.05, 3.63) is 12.4 Å². The van der Waals surface area contributed by atoms with Gasteiger partial charge in [-0.1, -0.05) is 6.58 Å². The number of rotatable bonds is 2. The van der Waals surface area contributed by atoms with Crippen molar-refractivity contribution in [3.63, 3.8) is 0 Å². The summed E-state index contributed by atoms with van der Waals surface area (Å²) in [7, 11) is 3.34. The maximum Gasteiger partial charge on any atom is 0.196 e. The fourth-order valence-corrected chi connectivity index (χ4v) is 0.357. The van der Waals surface area contributed by atoms with Crippen molar-refractivity contribution < 1.29 is 0 Å². The third kappa shape index (κ3) is 3.85. The largest absolute Gasteiger partial charge is 0.375 e. The topological polar surface area (TPSA) is 36.4 Å². The van der Waals surface area contributed by atoms with Gasteiger partial charge in [0.1, 0.15) is 0 Å². The summed E-state index contributed by atoms with van der Waals surface area (Å²) in [6.45, 7) is 3.57. The molecular weight excluding hydrogens is 138 g/mol. The SMILES string of the molecule is C=C(NC)NC(Cl)=NC. The molecule has 0 atom stereocenters. The summed E-state index contributed by atoms with van der Waals surface area (Å²) in [5, 5.41) is 5.78. The van der Waals surface area contributed by atoms with Gasteiger partial charge in [-0.05, 0) is 11.6 Å². The van der Waals surface area contributed by atoms with Crippen molar-refractivity contribution >= 4 is 16.9 Å². The lowest BCUT2D eigenvalue weighted by Crippen LogP contribution is -2.25. The first-order chi connectivity index (χ1) is 4.20. The quantitative estimate of drug-likeness (QED) is 0.339. The smallest absolute Gasteiger partial charge is 0.196 e. The van der Waals surface area contributed by atoms with Crippen LogP contribution in [-0.4, -0.2) is 19.4 Å². The van der Waals surface area contributed by atoms with Crippen LogP contribution in [0.3, 0.4) is 0 Å². The molecule has 0 saturated carbocycles. The molecule has 0 aliphatic rings. The van der Waals surface area contributed by atoms with Crippen LogP contribution in [0.25, 0.3) is 0 Å². The van der Waals surface area contributed by atoms with E-state index >= 15 is 0 Å². The van der Waals surface area contributed by atoms with E-state index in [2.05, 4.69) is 22.2 Å². The van der Waals surface area contributed by atoms with Crippen LogP contribution in [0.1, 0.15) is 0 Å². The molecule has 0 fully saturated rings. The molecule has 52 valence electrons. The Morgan fingerprint density at radius 1 is 1.67 bits per heavy atom. The predicted octanol–water partition coefficient (Wildman–Crippen LogP) is 0.491. The van der Waals surface area contributed by atoms with E-state index in [1.165, 1.54) is 0 Å². The van der Waals surface area contributed by atoms with Gasteiger partial charge in [-0.15, -0.1) is 0 Å². The molecule has 0 radical (unpaired) electrons. The van der Waals surface area contributed by atoms with Crippen molar-refractivity contribution in [2.45, 2.75) is 0 Å². The highest BCUT2D eigenvalue weighted by molar-refractivity contribution is 6.64. The molecule has 0 spiro atoms. The number of amidine groups is 1. The lowest BCUT2D eigenvalue weighted by Gasteiger charge is -2.04. The number of hydrogen-bond acceptors (Lipinski definition) is 2. The molecule has 0 aromatic rings. The van der Waals surface area contributed by atoms with Crippen LogP contribution in [0.15, 0.2) is 17.4 Å². The van der Waals surface area contributed by atoms with Gasteiger partial charge >= 0.3 is 0 Å². The number of aliphatic imine (C=N–C) groups is 1. The van der Waals surface area contributed by atoms with Crippen molar-refractivity contribution in [3.8, 4) is 0 Å². The second kappa shape index (κ2) is 4.21. The number of halogens is 1. The van der Waals surface area contributed by atoms with E-state index in [4.69, 9.17) is 11.6 Å². The zero-order valence-corrected chi connectivity index (χ0v) is 6.29. The maximum atomic E-state index is 5.48. The van der Waals surface area contributed by atoms with E-state index in [0.717, 1.165) is 0 Å². The third-order valence-corrected chi connectivity index (χ3v) is 1.02. The Hall–Kier alpha value is -0.700. The standard InChI is InChI=1S/C5H10ClN3/c1-4(7-2)9-5(6)8-3/h7H,1H2,2-3H3,(H,8,9). The first-order valence-electron chi connectivity index (χ1n) is 2.46. The highest BCUT2D eigenvalue weighted by Crippen LogP contribution is 1.81. The summed E-state index contributed by atoms with van der Waals surface area (Å²) in [5.41, 5.74) is 0. The summed E-state index contributed by atoms with van der Waals surface area (Å²) < 4.78 is 0. The Balaban J connectivity index is 3.60. The zero-order valence-electron chi connectivity index (χ0n) is 5.53. The van der Waals surface area contributed by atoms with Gasteiger partial charge in [-0.2, -0.15) is 0 Å². The van der Waals surface area contributed by atoms with Gasteiger partial charge in [0.25, 0.3) is 0 Å². The molecule has 0 saturated heterocycles. The minimum Gasteiger partial charge on any atom is -0.375 e. The van der Waals surface area contributed by atoms with E-state index in [9.17, 15) is 0 Å². The van der Waals surface area contributed by atoms with E-state index in [1.54, 1.807) is 14.1 Å². The molecule has 2 N–H and O–H groups in total. The average Bonchev–Trinajstić information content (AvgIpc) is 1.87. The molecule has 0 unspecified atom stereocenters. The third-order valence-electron chi connectivity index (χ3n) is 0.752. The predicted molar refractivity (Wildman–Crippen MR) is 40.5 cm³/mol. The second-order valence-electron chi connectivity index (χ2n) is 1.37. The fourth-order valence-electron chi connectivity index (χ4n) is 0.243. The van der Waals surface area contributed by atoms with Gasteiger partial charge in [-0.25, -0.2) is 0 Å². The van der Waals surface area contributed by atoms with Crippen LogP contribution >= 0.6 is 11.6 Å². The normalized spacial score (nSPS) is 10.8. The van der Waals surface area contributed by atoms with Gasteiger partial charge in [0.15, 0.2) is 5.29 Å². The highest BCUT2D eigenvalue weighted by Gasteiger charge is 1.89. The van der Waals surface area contributed by atoms with E-state index < -0.39 is 0 Å². The Morgan fingerprint density at radius 3 is 2.56 bits per heavy atom. The molecule has 0 aliphatic carbocycles. The van der Waals surface area contributed by atoms with E-state index in [1.807, 2.05) is 0 Å². The minimum absolute atomic E-state index is 0.328. The van der Waals surface area contributed by atoms with Gasteiger partial charge in [0.2, 0.25) is 0 Å². The summed E-state index contributed by atoms with van der Waals surface area (Å²) >= 11 is 5.48. The van der Waals surface area contributed by atoms with E-state index in [-0.39, 0.29) is 0 Å². The lowest BCUT2D eigenvalue weighted by molar-refractivity contribution is 0.909. The molecule has 0 aromatic carbocycles. The second-order valence-corrected chi connectivity index (χ2v) is 1.73. The zero-order chi connectivity index (χ0) is 7.28. The fraction of sp³-hybridized carbons (Fsp3) is 0.400. The minimum atomic E-state index is 0.328. The van der Waals surface area contributed by atoms with Gasteiger partial charge in [0, 0.05) is 14.1 Å². The van der Waals surface area contributed by atoms with Crippen molar-refractivity contribution in [2.75, 3.05) is 14.1 Å². The molecular formula is C5H10ClN3. The summed E-state index contributed by atoms with van der Waals surface area (Å²) in [4.78, 5) is 3.65. The highest BCUT2D eigenvalue weighted by atomic mass is 35.5. The van der Waals surface area contributed by atoms with Crippen LogP contribution in [0, 0.1) is 0 Å². The van der Waals surface area contributed by atoms with Crippen molar-refractivity contribution in [2.24, 2.45) is 4.99 Å². The summed E-state index contributed by atoms with van der Waals surface area (Å²) in [5.74, 6) is 0.630. The molecule has 0 heterocycles. The van der Waals surface area contributed by atoms with Crippen molar-refractivity contribution in [1.29, 1.82) is 0 Å². The molecule has 0 bridgehead atoms. The Bertz CT molecular complexity index is 130. The molecule has 3 nitrogen and oxygen atoms in total. The van der Waals surface area contributed by atoms with Crippen LogP contribution in [-0.2, 0) is 0 Å². The van der Waals surface area contributed by atoms with Gasteiger partial charge in [-0.3, -0.25) is 4.99 Å². The van der Waals surface area contributed by atoms with Gasteiger partial charge < -0.3 is 10.6 Å².